The van der Waals surface area contributed by atoms with Crippen molar-refractivity contribution in [3.05, 3.63) is 57.0 Å². The molecule has 0 aromatic heterocycles. The molecule has 2 rings (SSSR count). The lowest BCUT2D eigenvalue weighted by Gasteiger charge is -2.10. The summed E-state index contributed by atoms with van der Waals surface area (Å²) in [4.78, 5) is 2.47. The third kappa shape index (κ3) is 4.92. The van der Waals surface area contributed by atoms with E-state index in [4.69, 9.17) is 0 Å². The lowest BCUT2D eigenvalue weighted by atomic mass is 10.2. The van der Waals surface area contributed by atoms with Crippen LogP contribution in [0.2, 0.25) is 0 Å². The van der Waals surface area contributed by atoms with Gasteiger partial charge in [0.05, 0.1) is 0 Å². The van der Waals surface area contributed by atoms with E-state index in [0.29, 0.717) is 6.04 Å². The molecule has 0 spiro atoms. The number of benzene rings is 2. The molecule has 0 heterocycles. The fourth-order valence-electron chi connectivity index (χ4n) is 1.69. The molecule has 0 saturated carbocycles. The summed E-state index contributed by atoms with van der Waals surface area (Å²) in [6.45, 7) is 5.22. The molecule has 0 bridgehead atoms. The van der Waals surface area contributed by atoms with Gasteiger partial charge in [0.25, 0.3) is 0 Å². The minimum Gasteiger partial charge on any atom is -0.310 e. The summed E-state index contributed by atoms with van der Waals surface area (Å²) in [6.07, 6.45) is 0. The Labute approximate surface area is 141 Å². The summed E-state index contributed by atoms with van der Waals surface area (Å²) in [5.41, 5.74) is 1.30. The van der Waals surface area contributed by atoms with Crippen LogP contribution in [-0.2, 0) is 6.54 Å². The summed E-state index contributed by atoms with van der Waals surface area (Å²) in [5, 5.41) is 3.43. The Balaban J connectivity index is 2.07. The van der Waals surface area contributed by atoms with Crippen LogP contribution in [0.15, 0.2) is 61.2 Å². The molecule has 1 N–H and O–H groups in total. The highest BCUT2D eigenvalue weighted by Crippen LogP contribution is 2.34. The van der Waals surface area contributed by atoms with Crippen LogP contribution in [-0.4, -0.2) is 6.04 Å². The summed E-state index contributed by atoms with van der Waals surface area (Å²) >= 11 is 8.89. The van der Waals surface area contributed by atoms with Crippen LogP contribution in [0, 0.1) is 0 Å². The highest BCUT2D eigenvalue weighted by molar-refractivity contribution is 9.10. The Morgan fingerprint density at radius 3 is 2.35 bits per heavy atom. The number of hydrogen-bond acceptors (Lipinski definition) is 2. The predicted octanol–water partition coefficient (Wildman–Crippen LogP) is 5.86. The summed E-state index contributed by atoms with van der Waals surface area (Å²) < 4.78 is 2.25. The maximum absolute atomic E-state index is 3.67. The van der Waals surface area contributed by atoms with Gasteiger partial charge in [-0.25, -0.2) is 0 Å². The van der Waals surface area contributed by atoms with Crippen LogP contribution in [0.1, 0.15) is 19.4 Å². The molecule has 106 valence electrons. The molecule has 0 aliphatic rings. The van der Waals surface area contributed by atoms with Crippen LogP contribution >= 0.6 is 43.6 Å². The maximum atomic E-state index is 3.67. The zero-order valence-electron chi connectivity index (χ0n) is 11.5. The SMILES string of the molecule is CC(C)NCc1ccc(Sc2ccc(Br)cc2)c(Br)c1. The van der Waals surface area contributed by atoms with E-state index in [9.17, 15) is 0 Å². The lowest BCUT2D eigenvalue weighted by molar-refractivity contribution is 0.588. The molecule has 0 aliphatic carbocycles. The third-order valence-electron chi connectivity index (χ3n) is 2.75. The molecule has 2 aromatic carbocycles. The molecule has 0 atom stereocenters. The van der Waals surface area contributed by atoms with Gasteiger partial charge in [-0.15, -0.1) is 0 Å². The van der Waals surface area contributed by atoms with Crippen molar-refractivity contribution in [1.29, 1.82) is 0 Å². The average molecular weight is 415 g/mol. The molecule has 0 radical (unpaired) electrons. The lowest BCUT2D eigenvalue weighted by Crippen LogP contribution is -2.21. The number of rotatable bonds is 5. The van der Waals surface area contributed by atoms with Gasteiger partial charge in [0.2, 0.25) is 0 Å². The second-order valence-corrected chi connectivity index (χ2v) is 7.74. The molecular formula is C16H17Br2NS. The largest absolute Gasteiger partial charge is 0.310 e. The first kappa shape index (κ1) is 16.1. The molecule has 0 amide bonds. The van der Waals surface area contributed by atoms with Gasteiger partial charge >= 0.3 is 0 Å². The molecule has 0 saturated heterocycles. The van der Waals surface area contributed by atoms with Crippen LogP contribution in [0.5, 0.6) is 0 Å². The molecule has 0 aliphatic heterocycles. The van der Waals surface area contributed by atoms with Gasteiger partial charge in [0.1, 0.15) is 0 Å². The van der Waals surface area contributed by atoms with Crippen molar-refractivity contribution in [3.63, 3.8) is 0 Å². The van der Waals surface area contributed by atoms with E-state index in [2.05, 4.69) is 93.5 Å². The van der Waals surface area contributed by atoms with Crippen LogP contribution in [0.25, 0.3) is 0 Å². The van der Waals surface area contributed by atoms with Gasteiger partial charge in [-0.3, -0.25) is 0 Å². The standard InChI is InChI=1S/C16H17Br2NS/c1-11(2)19-10-12-3-8-16(15(18)9-12)20-14-6-4-13(17)5-7-14/h3-9,11,19H,10H2,1-2H3. The van der Waals surface area contributed by atoms with Crippen molar-refractivity contribution in [2.24, 2.45) is 0 Å². The summed E-state index contributed by atoms with van der Waals surface area (Å²) in [6, 6.07) is 15.4. The number of nitrogens with one attached hydrogen (secondary N) is 1. The van der Waals surface area contributed by atoms with E-state index in [1.54, 1.807) is 11.8 Å². The molecule has 2 aromatic rings. The topological polar surface area (TPSA) is 12.0 Å². The minimum atomic E-state index is 0.505. The third-order valence-corrected chi connectivity index (χ3v) is 5.28. The van der Waals surface area contributed by atoms with Crippen molar-refractivity contribution in [2.45, 2.75) is 36.2 Å². The van der Waals surface area contributed by atoms with Crippen LogP contribution in [0.3, 0.4) is 0 Å². The summed E-state index contributed by atoms with van der Waals surface area (Å²) in [5.74, 6) is 0. The maximum Gasteiger partial charge on any atom is 0.0318 e. The van der Waals surface area contributed by atoms with Gasteiger partial charge in [-0.05, 0) is 57.9 Å². The Hall–Kier alpha value is -0.290. The molecule has 20 heavy (non-hydrogen) atoms. The minimum absolute atomic E-state index is 0.505. The second kappa shape index (κ2) is 7.64. The number of hydrogen-bond donors (Lipinski definition) is 1. The van der Waals surface area contributed by atoms with Gasteiger partial charge < -0.3 is 5.32 Å². The fourth-order valence-corrected chi connectivity index (χ4v) is 3.44. The van der Waals surface area contributed by atoms with Crippen molar-refractivity contribution in [2.75, 3.05) is 0 Å². The Morgan fingerprint density at radius 2 is 1.75 bits per heavy atom. The monoisotopic (exact) mass is 413 g/mol. The van der Waals surface area contributed by atoms with E-state index < -0.39 is 0 Å². The average Bonchev–Trinajstić information content (AvgIpc) is 2.41. The van der Waals surface area contributed by atoms with Gasteiger partial charge in [-0.2, -0.15) is 0 Å². The first-order chi connectivity index (χ1) is 9.54. The van der Waals surface area contributed by atoms with Crippen LogP contribution < -0.4 is 5.32 Å². The normalized spacial score (nSPS) is 11.1. The van der Waals surface area contributed by atoms with Crippen LogP contribution in [0.4, 0.5) is 0 Å². The quantitative estimate of drug-likeness (QED) is 0.657. The van der Waals surface area contributed by atoms with E-state index in [0.717, 1.165) is 15.5 Å². The molecule has 1 nitrogen and oxygen atoms in total. The van der Waals surface area contributed by atoms with E-state index in [1.165, 1.54) is 15.4 Å². The molecular weight excluding hydrogens is 398 g/mol. The van der Waals surface area contributed by atoms with Crippen molar-refractivity contribution < 1.29 is 0 Å². The Morgan fingerprint density at radius 1 is 1.05 bits per heavy atom. The van der Waals surface area contributed by atoms with Gasteiger partial charge in [0.15, 0.2) is 0 Å². The molecule has 0 fully saturated rings. The molecule has 4 heteroatoms. The Kier molecular flexibility index (Phi) is 6.15. The zero-order chi connectivity index (χ0) is 14.5. The van der Waals surface area contributed by atoms with Crippen molar-refractivity contribution >= 4 is 43.6 Å². The van der Waals surface area contributed by atoms with E-state index in [-0.39, 0.29) is 0 Å². The van der Waals surface area contributed by atoms with Crippen molar-refractivity contribution in [1.82, 2.24) is 5.32 Å². The van der Waals surface area contributed by atoms with E-state index in [1.807, 2.05) is 0 Å². The smallest absolute Gasteiger partial charge is 0.0318 e. The second-order valence-electron chi connectivity index (χ2n) is 4.86. The Bertz CT molecular complexity index is 567. The van der Waals surface area contributed by atoms with Gasteiger partial charge in [-0.1, -0.05) is 47.6 Å². The highest BCUT2D eigenvalue weighted by atomic mass is 79.9. The van der Waals surface area contributed by atoms with Gasteiger partial charge in [0, 0.05) is 31.3 Å². The highest BCUT2D eigenvalue weighted by Gasteiger charge is 2.04. The fraction of sp³-hybridized carbons (Fsp3) is 0.250. The zero-order valence-corrected chi connectivity index (χ0v) is 15.5. The molecule has 0 unspecified atom stereocenters. The van der Waals surface area contributed by atoms with Crippen molar-refractivity contribution in [3.8, 4) is 0 Å². The van der Waals surface area contributed by atoms with E-state index >= 15 is 0 Å². The predicted molar refractivity (Wildman–Crippen MR) is 94.4 cm³/mol. The summed E-state index contributed by atoms with van der Waals surface area (Å²) in [7, 11) is 0. The first-order valence-electron chi connectivity index (χ1n) is 6.50. The number of halogens is 2. The first-order valence-corrected chi connectivity index (χ1v) is 8.90.